The van der Waals surface area contributed by atoms with Gasteiger partial charge < -0.3 is 13.7 Å². The second kappa shape index (κ2) is 15.6. The summed E-state index contributed by atoms with van der Waals surface area (Å²) < 4.78 is 52.5. The van der Waals surface area contributed by atoms with Crippen molar-refractivity contribution < 1.29 is 8.22 Å². The van der Waals surface area contributed by atoms with Crippen molar-refractivity contribution in [3.8, 4) is 0 Å². The van der Waals surface area contributed by atoms with E-state index in [9.17, 15) is 0 Å². The Hall–Kier alpha value is -2.16. The molecule has 0 saturated carbocycles. The minimum atomic E-state index is -2.07. The molecule has 0 fully saturated rings. The summed E-state index contributed by atoms with van der Waals surface area (Å²) in [6.45, 7) is 35.4. The first-order valence-electron chi connectivity index (χ1n) is 18.7. The highest BCUT2D eigenvalue weighted by molar-refractivity contribution is 5.31. The van der Waals surface area contributed by atoms with Gasteiger partial charge in [0, 0.05) is 60.5 Å². The fraction of sp³-hybridized carbons (Fsp3) is 0.714. The largest absolute Gasteiger partial charge is 0.346 e. The van der Waals surface area contributed by atoms with E-state index in [2.05, 4.69) is 111 Å². The molecule has 0 aromatic carbocycles. The van der Waals surface area contributed by atoms with E-state index in [1.54, 1.807) is 0 Å². The Kier molecular flexibility index (Phi) is 12.4. The van der Waals surface area contributed by atoms with Gasteiger partial charge in [0.15, 0.2) is 0 Å². The van der Waals surface area contributed by atoms with Crippen LogP contribution in [0.2, 0.25) is 0 Å². The summed E-state index contributed by atoms with van der Waals surface area (Å²) in [5, 5.41) is 0. The van der Waals surface area contributed by atoms with Gasteiger partial charge in [0.05, 0.1) is 0 Å². The minimum absolute atomic E-state index is 0. The SMILES string of the molecule is C.C.C.[2H]C([2H])([2H])c1c(C(C)(C)C)ccn1C(C)(C)C.[2H]C([2H])c1c(C(C)(C)C)ccn1C(C)(C)C.[2H]Cc1c(C(C)(C)C)ccn1C(C)(C)C. The van der Waals surface area contributed by atoms with Crippen LogP contribution >= 0.6 is 0 Å². The number of aromatic nitrogens is 3. The lowest BCUT2D eigenvalue weighted by Gasteiger charge is -2.26. The molecule has 264 valence electrons. The second-order valence-electron chi connectivity index (χ2n) is 17.7. The molecule has 0 bridgehead atoms. The highest BCUT2D eigenvalue weighted by atomic mass is 15.0. The predicted octanol–water partition coefficient (Wildman–Crippen LogP) is 13.5. The Bertz CT molecular complexity index is 1360. The number of nitrogens with zero attached hydrogens (tertiary/aromatic N) is 3. The summed E-state index contributed by atoms with van der Waals surface area (Å²) in [5.74, 6) is 0. The number of hydrogen-bond donors (Lipinski definition) is 0. The average Bonchev–Trinajstić information content (AvgIpc) is 3.58. The molecular formula is C42H81N3. The van der Waals surface area contributed by atoms with E-state index in [0.717, 1.165) is 22.5 Å². The lowest BCUT2D eigenvalue weighted by Crippen LogP contribution is -2.23. The van der Waals surface area contributed by atoms with Crippen molar-refractivity contribution in [2.45, 2.75) is 200 Å². The van der Waals surface area contributed by atoms with Crippen molar-refractivity contribution in [3.63, 3.8) is 0 Å². The topological polar surface area (TPSA) is 14.8 Å². The number of hydrogen-bond acceptors (Lipinski definition) is 0. The Balaban J connectivity index is -0.000000659. The van der Waals surface area contributed by atoms with Crippen LogP contribution in [0.25, 0.3) is 0 Å². The third-order valence-electron chi connectivity index (χ3n) is 7.40. The highest BCUT2D eigenvalue weighted by Gasteiger charge is 2.25. The van der Waals surface area contributed by atoms with Crippen molar-refractivity contribution >= 4 is 0 Å². The molecule has 3 heterocycles. The molecule has 3 heteroatoms. The summed E-state index contributed by atoms with van der Waals surface area (Å²) in [6, 6.07) is 6.15. The fourth-order valence-electron chi connectivity index (χ4n) is 5.04. The van der Waals surface area contributed by atoms with Gasteiger partial charge in [-0.05, 0) is 134 Å². The molecule has 0 aliphatic rings. The zero-order valence-electron chi connectivity index (χ0n) is 36.6. The maximum absolute atomic E-state index is 7.74. The molecule has 0 saturated heterocycles. The van der Waals surface area contributed by atoms with E-state index in [1.807, 2.05) is 64.6 Å². The van der Waals surface area contributed by atoms with Crippen LogP contribution in [0.4, 0.5) is 0 Å². The van der Waals surface area contributed by atoms with Crippen LogP contribution in [0.15, 0.2) is 36.8 Å². The summed E-state index contributed by atoms with van der Waals surface area (Å²) >= 11 is 0. The monoisotopic (exact) mass is 634 g/mol. The molecule has 3 aromatic rings. The van der Waals surface area contributed by atoms with Crippen molar-refractivity contribution in [2.24, 2.45) is 0 Å². The van der Waals surface area contributed by atoms with Gasteiger partial charge in [0.25, 0.3) is 0 Å². The van der Waals surface area contributed by atoms with Crippen molar-refractivity contribution in [3.05, 3.63) is 70.6 Å². The molecule has 0 spiro atoms. The van der Waals surface area contributed by atoms with Crippen LogP contribution in [0.5, 0.6) is 0 Å². The third-order valence-corrected chi connectivity index (χ3v) is 7.40. The van der Waals surface area contributed by atoms with E-state index in [4.69, 9.17) is 8.22 Å². The molecule has 0 unspecified atom stereocenters. The van der Waals surface area contributed by atoms with E-state index < -0.39 is 13.7 Å². The molecule has 0 atom stereocenters. The lowest BCUT2D eigenvalue weighted by molar-refractivity contribution is 0.387. The van der Waals surface area contributed by atoms with Gasteiger partial charge in [0.1, 0.15) is 0 Å². The summed E-state index contributed by atoms with van der Waals surface area (Å²) in [6.07, 6.45) is 6.01. The van der Waals surface area contributed by atoms with E-state index in [1.165, 1.54) is 5.56 Å². The molecule has 45 heavy (non-hydrogen) atoms. The average molecular weight is 634 g/mol. The van der Waals surface area contributed by atoms with Gasteiger partial charge >= 0.3 is 0 Å². The highest BCUT2D eigenvalue weighted by Crippen LogP contribution is 2.31. The first kappa shape index (κ1) is 35.7. The van der Waals surface area contributed by atoms with Crippen LogP contribution in [-0.2, 0) is 32.9 Å². The van der Waals surface area contributed by atoms with Crippen LogP contribution in [-0.4, -0.2) is 13.7 Å². The van der Waals surface area contributed by atoms with E-state index in [0.29, 0.717) is 12.6 Å². The van der Waals surface area contributed by atoms with E-state index in [-0.39, 0.29) is 55.1 Å². The molecule has 0 amide bonds. The quantitative estimate of drug-likeness (QED) is 0.234. The van der Waals surface area contributed by atoms with Crippen LogP contribution in [0, 0.1) is 20.6 Å². The number of rotatable bonds is 0. The van der Waals surface area contributed by atoms with E-state index >= 15 is 0 Å². The first-order chi connectivity index (χ1) is 21.1. The standard InChI is InChI=1S/3C13H23N.3CH4/c3*1-10-11(12(2,3)4)8-9-14(10)13(5,6)7;;;/h3*8-9H,1-7H3;3*1H4/i1D3;1D2;1D;;;. The van der Waals surface area contributed by atoms with Gasteiger partial charge in [-0.3, -0.25) is 0 Å². The summed E-state index contributed by atoms with van der Waals surface area (Å²) in [5.41, 5.74) is 5.51. The molecule has 3 nitrogen and oxygen atoms in total. The Morgan fingerprint density at radius 3 is 0.933 bits per heavy atom. The Labute approximate surface area is 292 Å². The smallest absolute Gasteiger partial charge is 0.0358 e. The molecular weight excluding hydrogens is 546 g/mol. The van der Waals surface area contributed by atoms with Crippen molar-refractivity contribution in [1.82, 2.24) is 13.7 Å². The second-order valence-corrected chi connectivity index (χ2v) is 17.7. The molecule has 3 rings (SSSR count). The van der Waals surface area contributed by atoms with Gasteiger partial charge in [-0.25, -0.2) is 0 Å². The zero-order chi connectivity index (χ0) is 38.2. The first-order valence-corrected chi connectivity index (χ1v) is 15.4. The lowest BCUT2D eigenvalue weighted by atomic mass is 9.87. The normalized spacial score (nSPS) is 14.7. The molecule has 0 N–H and O–H groups in total. The Morgan fingerprint density at radius 1 is 0.422 bits per heavy atom. The zero-order valence-corrected chi connectivity index (χ0v) is 30.6. The molecule has 0 radical (unpaired) electrons. The maximum atomic E-state index is 7.74. The molecule has 0 aliphatic heterocycles. The fourth-order valence-corrected chi connectivity index (χ4v) is 5.04. The van der Waals surface area contributed by atoms with Gasteiger partial charge in [0.2, 0.25) is 0 Å². The van der Waals surface area contributed by atoms with Gasteiger partial charge in [-0.1, -0.05) is 84.6 Å². The van der Waals surface area contributed by atoms with Gasteiger partial charge in [-0.2, -0.15) is 0 Å². The predicted molar refractivity (Wildman–Crippen MR) is 209 cm³/mol. The van der Waals surface area contributed by atoms with Crippen LogP contribution < -0.4 is 0 Å². The Morgan fingerprint density at radius 2 is 0.689 bits per heavy atom. The molecule has 3 aromatic heterocycles. The van der Waals surface area contributed by atoms with Crippen LogP contribution in [0.1, 0.15) is 189 Å². The maximum Gasteiger partial charge on any atom is 0.0358 e. The minimum Gasteiger partial charge on any atom is -0.346 e. The van der Waals surface area contributed by atoms with Crippen molar-refractivity contribution in [2.75, 3.05) is 0 Å². The van der Waals surface area contributed by atoms with Gasteiger partial charge in [-0.15, -0.1) is 0 Å². The van der Waals surface area contributed by atoms with Crippen LogP contribution in [0.3, 0.4) is 0 Å². The third kappa shape index (κ3) is 12.5. The molecule has 0 aliphatic carbocycles. The van der Waals surface area contributed by atoms with Crippen molar-refractivity contribution in [1.29, 1.82) is 0 Å². The summed E-state index contributed by atoms with van der Waals surface area (Å²) in [4.78, 5) is 0. The summed E-state index contributed by atoms with van der Waals surface area (Å²) in [7, 11) is 0.